The van der Waals surface area contributed by atoms with Crippen LogP contribution < -0.4 is 0 Å². The number of hydrogen-bond donors (Lipinski definition) is 2. The number of hydrogen-bond acceptors (Lipinski definition) is 3. The first kappa shape index (κ1) is 30.0. The Labute approximate surface area is 253 Å². The maximum Gasteiger partial charge on any atom is 0.433 e. The first-order valence-electron chi connectivity index (χ1n) is 15.1. The minimum absolute atomic E-state index is 0.172. The van der Waals surface area contributed by atoms with Crippen LogP contribution >= 0.6 is 11.6 Å². The van der Waals surface area contributed by atoms with E-state index in [4.69, 9.17) is 11.6 Å². The molecule has 232 valence electrons. The van der Waals surface area contributed by atoms with E-state index in [1.807, 2.05) is 25.3 Å². The predicted molar refractivity (Wildman–Crippen MR) is 157 cm³/mol. The van der Waals surface area contributed by atoms with Gasteiger partial charge in [0, 0.05) is 35.6 Å². The first-order valence-corrected chi connectivity index (χ1v) is 15.5. The van der Waals surface area contributed by atoms with Crippen LogP contribution in [0.2, 0.25) is 5.02 Å². The zero-order valence-corrected chi connectivity index (χ0v) is 25.6. The quantitative estimate of drug-likeness (QED) is 0.281. The number of carbonyl (C=O) groups is 2. The highest BCUT2D eigenvalue weighted by Crippen LogP contribution is 2.67. The number of rotatable bonds is 7. The van der Waals surface area contributed by atoms with Crippen LogP contribution in [0.3, 0.4) is 0 Å². The average Bonchev–Trinajstić information content (AvgIpc) is 3.51. The van der Waals surface area contributed by atoms with Gasteiger partial charge in [0.2, 0.25) is 0 Å². The Bertz CT molecular complexity index is 1560. The van der Waals surface area contributed by atoms with Gasteiger partial charge in [-0.05, 0) is 80.4 Å². The van der Waals surface area contributed by atoms with Gasteiger partial charge in [0.15, 0.2) is 5.69 Å². The molecule has 2 N–H and O–H groups in total. The number of H-pyrrole nitrogens is 1. The third-order valence-corrected chi connectivity index (χ3v) is 11.3. The summed E-state index contributed by atoms with van der Waals surface area (Å²) < 4.78 is 45.1. The standard InChI is InChI=1S/C32H38ClF3N4O3/c1-17(20-14-37-25-7-5-6-24(33)26(20)25)16-39(19-12-22-23(13-19)30(22,2)3)28(41)21-15-38-40(27(21)32(34,35)36)18-8-10-31(4,11-9-18)29(42)43/h5-7,14-15,17-19,22-23,37H,8-13,16H2,1-4H3,(H,42,43). The van der Waals surface area contributed by atoms with Crippen molar-refractivity contribution in [2.24, 2.45) is 22.7 Å². The second kappa shape index (κ2) is 10.3. The number of alkyl halides is 3. The highest BCUT2D eigenvalue weighted by Gasteiger charge is 2.63. The normalized spacial score (nSPS) is 28.9. The minimum atomic E-state index is -4.81. The number of benzene rings is 1. The summed E-state index contributed by atoms with van der Waals surface area (Å²) >= 11 is 6.54. The number of aromatic nitrogens is 3. The largest absolute Gasteiger partial charge is 0.481 e. The molecule has 0 spiro atoms. The lowest BCUT2D eigenvalue weighted by Gasteiger charge is -2.35. The number of nitrogens with zero attached hydrogens (tertiary/aromatic N) is 3. The van der Waals surface area contributed by atoms with Crippen LogP contribution in [0.25, 0.3) is 10.9 Å². The molecule has 6 rings (SSSR count). The monoisotopic (exact) mass is 618 g/mol. The van der Waals surface area contributed by atoms with Crippen molar-refractivity contribution in [2.75, 3.05) is 6.54 Å². The molecule has 3 aliphatic rings. The molecular weight excluding hydrogens is 581 g/mol. The summed E-state index contributed by atoms with van der Waals surface area (Å²) in [6.45, 7) is 8.27. The third-order valence-electron chi connectivity index (χ3n) is 10.9. The molecule has 43 heavy (non-hydrogen) atoms. The van der Waals surface area contributed by atoms with E-state index in [1.165, 1.54) is 0 Å². The summed E-state index contributed by atoms with van der Waals surface area (Å²) in [7, 11) is 0. The Kier molecular flexibility index (Phi) is 7.18. The first-order chi connectivity index (χ1) is 20.1. The second-order valence-corrected chi connectivity index (χ2v) is 14.3. The predicted octanol–water partition coefficient (Wildman–Crippen LogP) is 7.92. The van der Waals surface area contributed by atoms with E-state index < -0.39 is 40.8 Å². The number of aliphatic carboxylic acids is 1. The molecule has 0 bridgehead atoms. The summed E-state index contributed by atoms with van der Waals surface area (Å²) in [4.78, 5) is 30.9. The lowest BCUT2D eigenvalue weighted by atomic mass is 9.74. The van der Waals surface area contributed by atoms with Gasteiger partial charge in [-0.1, -0.05) is 38.4 Å². The van der Waals surface area contributed by atoms with Gasteiger partial charge in [0.25, 0.3) is 5.91 Å². The third kappa shape index (κ3) is 5.03. The Hall–Kier alpha value is -3.01. The SMILES string of the molecule is CC(CN(C(=O)c1cnn(C2CCC(C)(C(=O)O)CC2)c1C(F)(F)F)C1CC2C(C1)C2(C)C)c1c[nH]c2cccc(Cl)c12. The number of carboxylic acids is 1. The fourth-order valence-electron chi connectivity index (χ4n) is 8.01. The van der Waals surface area contributed by atoms with Crippen LogP contribution in [-0.2, 0) is 11.0 Å². The molecule has 2 aromatic heterocycles. The Morgan fingerprint density at radius 3 is 2.44 bits per heavy atom. The van der Waals surface area contributed by atoms with Crippen molar-refractivity contribution < 1.29 is 27.9 Å². The summed E-state index contributed by atoms with van der Waals surface area (Å²) in [5, 5.41) is 15.2. The smallest absolute Gasteiger partial charge is 0.433 e. The van der Waals surface area contributed by atoms with E-state index in [0.29, 0.717) is 16.9 Å². The molecule has 3 saturated carbocycles. The molecule has 0 aliphatic heterocycles. The summed E-state index contributed by atoms with van der Waals surface area (Å²) in [6, 6.07) is 4.77. The molecule has 3 aliphatic carbocycles. The summed E-state index contributed by atoms with van der Waals surface area (Å²) in [5.41, 5.74) is -0.494. The number of carboxylic acid groups (broad SMARTS) is 1. The van der Waals surface area contributed by atoms with Crippen molar-refractivity contribution in [3.63, 3.8) is 0 Å². The van der Waals surface area contributed by atoms with Crippen LogP contribution in [0.15, 0.2) is 30.6 Å². The van der Waals surface area contributed by atoms with Crippen LogP contribution in [0.5, 0.6) is 0 Å². The molecular formula is C32H38ClF3N4O3. The molecule has 3 atom stereocenters. The van der Waals surface area contributed by atoms with Gasteiger partial charge < -0.3 is 15.0 Å². The maximum atomic E-state index is 14.7. The molecule has 1 amide bonds. The number of aromatic amines is 1. The van der Waals surface area contributed by atoms with Crippen molar-refractivity contribution in [1.29, 1.82) is 0 Å². The number of fused-ring (bicyclic) bond motifs is 2. The molecule has 0 radical (unpaired) electrons. The lowest BCUT2D eigenvalue weighted by Crippen LogP contribution is -2.43. The van der Waals surface area contributed by atoms with Gasteiger partial charge in [-0.3, -0.25) is 14.3 Å². The van der Waals surface area contributed by atoms with Gasteiger partial charge in [0.1, 0.15) is 0 Å². The van der Waals surface area contributed by atoms with E-state index >= 15 is 0 Å². The van der Waals surface area contributed by atoms with E-state index in [9.17, 15) is 27.9 Å². The molecule has 3 aromatic rings. The van der Waals surface area contributed by atoms with Gasteiger partial charge in [-0.2, -0.15) is 18.3 Å². The molecule has 7 nitrogen and oxygen atoms in total. The van der Waals surface area contributed by atoms with Crippen molar-refractivity contribution in [2.45, 2.75) is 90.4 Å². The number of carbonyl (C=O) groups excluding carboxylic acids is 1. The van der Waals surface area contributed by atoms with Crippen molar-refractivity contribution in [1.82, 2.24) is 19.7 Å². The molecule has 1 aromatic carbocycles. The van der Waals surface area contributed by atoms with Gasteiger partial charge in [-0.15, -0.1) is 0 Å². The fourth-order valence-corrected chi connectivity index (χ4v) is 8.29. The highest BCUT2D eigenvalue weighted by atomic mass is 35.5. The van der Waals surface area contributed by atoms with E-state index in [0.717, 1.165) is 40.2 Å². The molecule has 3 unspecified atom stereocenters. The van der Waals surface area contributed by atoms with Gasteiger partial charge >= 0.3 is 12.1 Å². The van der Waals surface area contributed by atoms with E-state index in [2.05, 4.69) is 23.9 Å². The van der Waals surface area contributed by atoms with Gasteiger partial charge in [-0.25, -0.2) is 0 Å². The van der Waals surface area contributed by atoms with Crippen molar-refractivity contribution in [3.05, 3.63) is 52.4 Å². The van der Waals surface area contributed by atoms with E-state index in [-0.39, 0.29) is 49.6 Å². The maximum absolute atomic E-state index is 14.7. The topological polar surface area (TPSA) is 91.2 Å². The fraction of sp³-hybridized carbons (Fsp3) is 0.594. The van der Waals surface area contributed by atoms with Crippen LogP contribution in [0.4, 0.5) is 13.2 Å². The molecule has 11 heteroatoms. The van der Waals surface area contributed by atoms with Crippen LogP contribution in [-0.4, -0.2) is 49.2 Å². The molecule has 2 heterocycles. The summed E-state index contributed by atoms with van der Waals surface area (Å²) in [5.74, 6) is -0.912. The average molecular weight is 619 g/mol. The zero-order chi connectivity index (χ0) is 31.1. The highest BCUT2D eigenvalue weighted by molar-refractivity contribution is 6.35. The number of nitrogens with one attached hydrogen (secondary N) is 1. The number of halogens is 4. The van der Waals surface area contributed by atoms with Crippen LogP contribution in [0.1, 0.15) is 99.8 Å². The Balaban J connectivity index is 1.33. The number of amides is 1. The lowest BCUT2D eigenvalue weighted by molar-refractivity contribution is -0.152. The van der Waals surface area contributed by atoms with Crippen molar-refractivity contribution >= 4 is 34.4 Å². The Morgan fingerprint density at radius 2 is 1.84 bits per heavy atom. The Morgan fingerprint density at radius 1 is 1.19 bits per heavy atom. The van der Waals surface area contributed by atoms with Crippen LogP contribution in [0, 0.1) is 22.7 Å². The molecule has 0 saturated heterocycles. The van der Waals surface area contributed by atoms with Gasteiger partial charge in [0.05, 0.1) is 28.2 Å². The van der Waals surface area contributed by atoms with Crippen molar-refractivity contribution in [3.8, 4) is 0 Å². The summed E-state index contributed by atoms with van der Waals surface area (Å²) in [6.07, 6.45) is 0.608. The van der Waals surface area contributed by atoms with E-state index in [1.54, 1.807) is 17.9 Å². The minimum Gasteiger partial charge on any atom is -0.481 e. The zero-order valence-electron chi connectivity index (χ0n) is 24.8. The second-order valence-electron chi connectivity index (χ2n) is 13.9. The molecule has 3 fully saturated rings.